The van der Waals surface area contributed by atoms with Crippen molar-refractivity contribution < 1.29 is 35.9 Å². The van der Waals surface area contributed by atoms with Crippen LogP contribution < -0.4 is 0 Å². The van der Waals surface area contributed by atoms with Crippen LogP contribution in [0, 0.1) is 0 Å². The normalized spacial score (nSPS) is 17.5. The molecule has 1 heterocycles. The molecule has 0 radical (unpaired) electrons. The standard InChI is InChI=1S/C19H25F3N2O5S/c1-13(25)16(19(20,21)22)29-17(26)23-9-11-24(12-10-23)30(27,28)15-7-5-14(6-8-15)18(2,3)4/h5-8,16H,9-12H2,1-4H3. The van der Waals surface area contributed by atoms with E-state index < -0.39 is 34.2 Å². The van der Waals surface area contributed by atoms with E-state index in [4.69, 9.17) is 0 Å². The molecule has 1 aliphatic heterocycles. The molecule has 0 aliphatic carbocycles. The summed E-state index contributed by atoms with van der Waals surface area (Å²) in [4.78, 5) is 24.2. The minimum absolute atomic E-state index is 0.0974. The number of carbonyl (C=O) groups is 2. The lowest BCUT2D eigenvalue weighted by Gasteiger charge is -2.34. The molecule has 0 bridgehead atoms. The second-order valence-electron chi connectivity index (χ2n) is 8.08. The number of carbonyl (C=O) groups excluding carboxylic acids is 2. The van der Waals surface area contributed by atoms with Crippen molar-refractivity contribution in [1.82, 2.24) is 9.21 Å². The van der Waals surface area contributed by atoms with Gasteiger partial charge in [0.1, 0.15) is 0 Å². The fraction of sp³-hybridized carbons (Fsp3) is 0.579. The Balaban J connectivity index is 2.04. The third-order valence-corrected chi connectivity index (χ3v) is 6.65. The maximum absolute atomic E-state index is 12.8. The highest BCUT2D eigenvalue weighted by Gasteiger charge is 2.47. The van der Waals surface area contributed by atoms with Crippen molar-refractivity contribution in [2.24, 2.45) is 0 Å². The van der Waals surface area contributed by atoms with E-state index in [-0.39, 0.29) is 36.5 Å². The summed E-state index contributed by atoms with van der Waals surface area (Å²) in [6, 6.07) is 6.49. The molecule has 1 saturated heterocycles. The minimum Gasteiger partial charge on any atom is -0.428 e. The van der Waals surface area contributed by atoms with Crippen molar-refractivity contribution in [3.8, 4) is 0 Å². The van der Waals surface area contributed by atoms with Gasteiger partial charge in [-0.05, 0) is 30.0 Å². The van der Waals surface area contributed by atoms with E-state index in [2.05, 4.69) is 4.74 Å². The van der Waals surface area contributed by atoms with Crippen molar-refractivity contribution in [2.45, 2.75) is 50.3 Å². The van der Waals surface area contributed by atoms with Crippen molar-refractivity contribution in [2.75, 3.05) is 26.2 Å². The van der Waals surface area contributed by atoms with Gasteiger partial charge in [0.25, 0.3) is 6.10 Å². The van der Waals surface area contributed by atoms with Gasteiger partial charge in [-0.3, -0.25) is 4.79 Å². The highest BCUT2D eigenvalue weighted by Crippen LogP contribution is 2.26. The van der Waals surface area contributed by atoms with Crippen LogP contribution in [0.15, 0.2) is 29.2 Å². The molecule has 1 aliphatic rings. The predicted molar refractivity (Wildman–Crippen MR) is 102 cm³/mol. The van der Waals surface area contributed by atoms with Crippen LogP contribution in [0.4, 0.5) is 18.0 Å². The molecular formula is C19H25F3N2O5S. The number of rotatable bonds is 4. The number of sulfonamides is 1. The molecule has 7 nitrogen and oxygen atoms in total. The summed E-state index contributed by atoms with van der Waals surface area (Å²) in [5.41, 5.74) is 0.835. The zero-order chi connectivity index (χ0) is 22.9. The van der Waals surface area contributed by atoms with Crippen molar-refractivity contribution in [3.63, 3.8) is 0 Å². The number of ketones is 1. The van der Waals surface area contributed by atoms with Crippen molar-refractivity contribution in [1.29, 1.82) is 0 Å². The summed E-state index contributed by atoms with van der Waals surface area (Å²) >= 11 is 0. The smallest absolute Gasteiger partial charge is 0.428 e. The third-order valence-electron chi connectivity index (χ3n) is 4.74. The van der Waals surface area contributed by atoms with Gasteiger partial charge in [0.2, 0.25) is 10.0 Å². The number of nitrogens with zero attached hydrogens (tertiary/aromatic N) is 2. The lowest BCUT2D eigenvalue weighted by Crippen LogP contribution is -2.52. The first-order chi connectivity index (χ1) is 13.6. The first-order valence-corrected chi connectivity index (χ1v) is 10.7. The maximum atomic E-state index is 12.8. The Morgan fingerprint density at radius 3 is 1.90 bits per heavy atom. The van der Waals surface area contributed by atoms with Crippen molar-refractivity contribution >= 4 is 21.9 Å². The lowest BCUT2D eigenvalue weighted by molar-refractivity contribution is -0.204. The monoisotopic (exact) mass is 450 g/mol. The summed E-state index contributed by atoms with van der Waals surface area (Å²) in [5, 5.41) is 0. The summed E-state index contributed by atoms with van der Waals surface area (Å²) in [5.74, 6) is -1.34. The molecule has 11 heteroatoms. The lowest BCUT2D eigenvalue weighted by atomic mass is 9.87. The Morgan fingerprint density at radius 1 is 1.00 bits per heavy atom. The molecule has 2 rings (SSSR count). The SMILES string of the molecule is CC(=O)C(OC(=O)N1CCN(S(=O)(=O)c2ccc(C(C)(C)C)cc2)CC1)C(F)(F)F. The minimum atomic E-state index is -5.01. The third kappa shape index (κ3) is 5.51. The van der Waals surface area contributed by atoms with Gasteiger partial charge in [-0.2, -0.15) is 17.5 Å². The summed E-state index contributed by atoms with van der Waals surface area (Å²) in [6.07, 6.45) is -9.15. The van der Waals surface area contributed by atoms with Crippen LogP contribution in [0.2, 0.25) is 0 Å². The molecule has 0 saturated carbocycles. The van der Waals surface area contributed by atoms with Gasteiger partial charge in [0.05, 0.1) is 4.90 Å². The Morgan fingerprint density at radius 2 is 1.50 bits per heavy atom. The number of hydrogen-bond acceptors (Lipinski definition) is 5. The summed E-state index contributed by atoms with van der Waals surface area (Å²) < 4.78 is 69.5. The Bertz CT molecular complexity index is 884. The zero-order valence-corrected chi connectivity index (χ0v) is 18.0. The fourth-order valence-electron chi connectivity index (χ4n) is 2.94. The fourth-order valence-corrected chi connectivity index (χ4v) is 4.36. The topological polar surface area (TPSA) is 84.0 Å². The first kappa shape index (κ1) is 24.1. The van der Waals surface area contributed by atoms with Gasteiger partial charge >= 0.3 is 12.3 Å². The number of hydrogen-bond donors (Lipinski definition) is 0. The number of ether oxygens (including phenoxy) is 1. The average Bonchev–Trinajstić information content (AvgIpc) is 2.64. The molecule has 0 aromatic heterocycles. The second-order valence-corrected chi connectivity index (χ2v) is 10.0. The van der Waals surface area contributed by atoms with E-state index in [9.17, 15) is 31.2 Å². The van der Waals surface area contributed by atoms with Crippen LogP contribution in [0.25, 0.3) is 0 Å². The van der Waals surface area contributed by atoms with Gasteiger partial charge in [0, 0.05) is 26.2 Å². The molecule has 1 aromatic rings. The van der Waals surface area contributed by atoms with Gasteiger partial charge in [-0.1, -0.05) is 32.9 Å². The molecule has 1 amide bonds. The van der Waals surface area contributed by atoms with Crippen LogP contribution >= 0.6 is 0 Å². The van der Waals surface area contributed by atoms with Gasteiger partial charge in [0.15, 0.2) is 5.78 Å². The molecule has 30 heavy (non-hydrogen) atoms. The zero-order valence-electron chi connectivity index (χ0n) is 17.2. The van der Waals surface area contributed by atoms with E-state index in [1.54, 1.807) is 12.1 Å². The average molecular weight is 450 g/mol. The molecule has 1 fully saturated rings. The van der Waals surface area contributed by atoms with Crippen LogP contribution in [0.5, 0.6) is 0 Å². The van der Waals surface area contributed by atoms with Gasteiger partial charge in [-0.25, -0.2) is 13.2 Å². The highest BCUT2D eigenvalue weighted by molar-refractivity contribution is 7.89. The van der Waals surface area contributed by atoms with Crippen LogP contribution in [0.1, 0.15) is 33.3 Å². The highest BCUT2D eigenvalue weighted by atomic mass is 32.2. The number of piperazine rings is 1. The molecule has 168 valence electrons. The molecule has 0 N–H and O–H groups in total. The van der Waals surface area contributed by atoms with E-state index in [0.717, 1.165) is 14.8 Å². The van der Waals surface area contributed by atoms with Gasteiger partial charge < -0.3 is 9.64 Å². The Labute approximate surface area is 173 Å². The Hall–Kier alpha value is -2.14. The van der Waals surface area contributed by atoms with Crippen LogP contribution in [-0.4, -0.2) is 68.0 Å². The number of benzene rings is 1. The van der Waals surface area contributed by atoms with Crippen LogP contribution in [0.3, 0.4) is 0 Å². The first-order valence-electron chi connectivity index (χ1n) is 9.27. The maximum Gasteiger partial charge on any atom is 0.432 e. The number of amides is 1. The molecular weight excluding hydrogens is 425 g/mol. The van der Waals surface area contributed by atoms with E-state index >= 15 is 0 Å². The second kappa shape index (κ2) is 8.54. The van der Waals surface area contributed by atoms with Gasteiger partial charge in [-0.15, -0.1) is 0 Å². The summed E-state index contributed by atoms with van der Waals surface area (Å²) in [6.45, 7) is 6.19. The largest absolute Gasteiger partial charge is 0.432 e. The van der Waals surface area contributed by atoms with Crippen molar-refractivity contribution in [3.05, 3.63) is 29.8 Å². The summed E-state index contributed by atoms with van der Waals surface area (Å²) in [7, 11) is -3.81. The predicted octanol–water partition coefficient (Wildman–Crippen LogP) is 2.95. The molecule has 1 unspecified atom stereocenters. The number of halogens is 3. The Kier molecular flexibility index (Phi) is 6.87. The molecule has 1 atom stereocenters. The molecule has 1 aromatic carbocycles. The van der Waals surface area contributed by atoms with E-state index in [1.807, 2.05) is 20.8 Å². The molecule has 0 spiro atoms. The number of Topliss-reactive ketones (excluding diaryl/α,β-unsaturated/α-hetero) is 1. The van der Waals surface area contributed by atoms with E-state index in [0.29, 0.717) is 6.92 Å². The van der Waals surface area contributed by atoms with Crippen LogP contribution in [-0.2, 0) is 25.0 Å². The van der Waals surface area contributed by atoms with E-state index in [1.165, 1.54) is 12.1 Å². The quantitative estimate of drug-likeness (QED) is 0.704. The number of alkyl halides is 3.